The lowest BCUT2D eigenvalue weighted by atomic mass is 9.92. The highest BCUT2D eigenvalue weighted by atomic mass is 32.2. The molecule has 3 heteroatoms. The lowest BCUT2D eigenvalue weighted by Gasteiger charge is -2.23. The Morgan fingerprint density at radius 1 is 1.53 bits per heavy atom. The van der Waals surface area contributed by atoms with Gasteiger partial charge in [-0.25, -0.2) is 0 Å². The molecule has 3 atom stereocenters. The van der Waals surface area contributed by atoms with Gasteiger partial charge >= 0.3 is 0 Å². The second-order valence-electron chi connectivity index (χ2n) is 5.32. The predicted octanol–water partition coefficient (Wildman–Crippen LogP) is 2.29. The Morgan fingerprint density at radius 2 is 2.40 bits per heavy atom. The number of hydrogen-bond acceptors (Lipinski definition) is 3. The summed E-state index contributed by atoms with van der Waals surface area (Å²) in [6.45, 7) is 4.33. The molecule has 2 aliphatic rings. The van der Waals surface area contributed by atoms with E-state index in [1.165, 1.54) is 38.0 Å². The van der Waals surface area contributed by atoms with Crippen LogP contribution in [0.3, 0.4) is 0 Å². The fourth-order valence-electron chi connectivity index (χ4n) is 2.97. The summed E-state index contributed by atoms with van der Waals surface area (Å²) in [6, 6.07) is 0. The number of hydrogen-bond donors (Lipinski definition) is 1. The summed E-state index contributed by atoms with van der Waals surface area (Å²) in [5.74, 6) is 2.26. The van der Waals surface area contributed by atoms with Crippen molar-refractivity contribution >= 4 is 11.8 Å². The zero-order valence-corrected chi connectivity index (χ0v) is 10.7. The van der Waals surface area contributed by atoms with Gasteiger partial charge < -0.3 is 10.1 Å². The average Bonchev–Trinajstić information content (AvgIpc) is 2.78. The number of thioether (sulfide) groups is 1. The van der Waals surface area contributed by atoms with Gasteiger partial charge in [0.05, 0.1) is 6.61 Å². The molecule has 2 heterocycles. The highest BCUT2D eigenvalue weighted by Crippen LogP contribution is 2.35. The fourth-order valence-corrected chi connectivity index (χ4v) is 4.38. The van der Waals surface area contributed by atoms with E-state index in [0.29, 0.717) is 0 Å². The molecule has 0 aromatic rings. The van der Waals surface area contributed by atoms with Crippen LogP contribution in [-0.2, 0) is 4.74 Å². The van der Waals surface area contributed by atoms with Crippen LogP contribution in [0, 0.1) is 5.92 Å². The van der Waals surface area contributed by atoms with Gasteiger partial charge in [-0.2, -0.15) is 11.8 Å². The molecule has 0 radical (unpaired) electrons. The smallest absolute Gasteiger partial charge is 0.0641 e. The quantitative estimate of drug-likeness (QED) is 0.799. The van der Waals surface area contributed by atoms with Crippen LogP contribution in [0.2, 0.25) is 0 Å². The minimum atomic E-state index is 0.239. The Balaban J connectivity index is 1.76. The fraction of sp³-hybridized carbons (Fsp3) is 1.00. The molecule has 0 bridgehead atoms. The summed E-state index contributed by atoms with van der Waals surface area (Å²) < 4.78 is 5.28. The molecule has 2 rings (SSSR count). The molecular formula is C12H23NOS. The van der Waals surface area contributed by atoms with E-state index in [0.717, 1.165) is 17.8 Å². The van der Waals surface area contributed by atoms with Gasteiger partial charge in [-0.05, 0) is 50.8 Å². The Kier molecular flexibility index (Phi) is 3.97. The molecule has 1 N–H and O–H groups in total. The van der Waals surface area contributed by atoms with Crippen LogP contribution in [0.4, 0.5) is 0 Å². The molecule has 0 saturated carbocycles. The maximum absolute atomic E-state index is 5.28. The third-order valence-corrected chi connectivity index (χ3v) is 5.06. The minimum Gasteiger partial charge on any atom is -0.383 e. The highest BCUT2D eigenvalue weighted by Gasteiger charge is 2.35. The van der Waals surface area contributed by atoms with Gasteiger partial charge in [-0.1, -0.05) is 0 Å². The lowest BCUT2D eigenvalue weighted by molar-refractivity contribution is 0.128. The number of rotatable bonds is 4. The zero-order chi connectivity index (χ0) is 10.7. The van der Waals surface area contributed by atoms with Gasteiger partial charge in [0.25, 0.3) is 0 Å². The van der Waals surface area contributed by atoms with Crippen LogP contribution < -0.4 is 5.32 Å². The van der Waals surface area contributed by atoms with E-state index in [1.807, 2.05) is 0 Å². The van der Waals surface area contributed by atoms with E-state index in [-0.39, 0.29) is 5.54 Å². The summed E-state index contributed by atoms with van der Waals surface area (Å²) in [6.07, 6.45) is 5.59. The molecule has 0 aromatic heterocycles. The summed E-state index contributed by atoms with van der Waals surface area (Å²) >= 11 is 2.18. The molecule has 2 saturated heterocycles. The first-order valence-electron chi connectivity index (χ1n) is 6.07. The van der Waals surface area contributed by atoms with Crippen LogP contribution in [-0.4, -0.2) is 36.8 Å². The van der Waals surface area contributed by atoms with Crippen molar-refractivity contribution in [1.29, 1.82) is 0 Å². The Morgan fingerprint density at radius 3 is 3.07 bits per heavy atom. The van der Waals surface area contributed by atoms with E-state index in [4.69, 9.17) is 4.74 Å². The van der Waals surface area contributed by atoms with Crippen LogP contribution >= 0.6 is 11.8 Å². The molecule has 88 valence electrons. The van der Waals surface area contributed by atoms with Gasteiger partial charge in [0.15, 0.2) is 0 Å². The molecule has 0 aromatic carbocycles. The maximum Gasteiger partial charge on any atom is 0.0641 e. The number of nitrogens with one attached hydrogen (secondary N) is 1. The summed E-state index contributed by atoms with van der Waals surface area (Å²) in [5.41, 5.74) is 0.239. The third-order valence-electron chi connectivity index (χ3n) is 3.64. The van der Waals surface area contributed by atoms with Crippen LogP contribution in [0.5, 0.6) is 0 Å². The van der Waals surface area contributed by atoms with Crippen molar-refractivity contribution in [2.45, 2.75) is 43.4 Å². The SMILES string of the molecule is COCC1(C)CC(CC2CCCS2)CN1. The second-order valence-corrected chi connectivity index (χ2v) is 6.72. The number of ether oxygens (including phenoxy) is 1. The molecule has 2 fully saturated rings. The molecule has 0 spiro atoms. The Bertz CT molecular complexity index is 206. The third kappa shape index (κ3) is 3.11. The first-order chi connectivity index (χ1) is 7.22. The van der Waals surface area contributed by atoms with E-state index in [9.17, 15) is 0 Å². The second kappa shape index (κ2) is 5.07. The van der Waals surface area contributed by atoms with Crippen molar-refractivity contribution in [3.63, 3.8) is 0 Å². The normalized spacial score (nSPS) is 41.2. The predicted molar refractivity (Wildman–Crippen MR) is 66.5 cm³/mol. The van der Waals surface area contributed by atoms with E-state index in [2.05, 4.69) is 24.0 Å². The zero-order valence-electron chi connectivity index (χ0n) is 9.92. The monoisotopic (exact) mass is 229 g/mol. The van der Waals surface area contributed by atoms with Gasteiger partial charge in [-0.15, -0.1) is 0 Å². The summed E-state index contributed by atoms with van der Waals surface area (Å²) in [5, 5.41) is 4.57. The maximum atomic E-state index is 5.28. The van der Waals surface area contributed by atoms with Crippen molar-refractivity contribution in [2.24, 2.45) is 5.92 Å². The standard InChI is InChI=1S/C12H23NOS/c1-12(9-14-2)7-10(8-13-12)6-11-4-3-5-15-11/h10-11,13H,3-9H2,1-2H3. The van der Waals surface area contributed by atoms with Crippen LogP contribution in [0.15, 0.2) is 0 Å². The molecule has 2 nitrogen and oxygen atoms in total. The molecule has 2 aliphatic heterocycles. The van der Waals surface area contributed by atoms with E-state index < -0.39 is 0 Å². The van der Waals surface area contributed by atoms with Crippen molar-refractivity contribution in [3.8, 4) is 0 Å². The van der Waals surface area contributed by atoms with E-state index >= 15 is 0 Å². The van der Waals surface area contributed by atoms with Gasteiger partial charge in [0.1, 0.15) is 0 Å². The first kappa shape index (κ1) is 11.7. The Labute approximate surface area is 97.5 Å². The molecule has 3 unspecified atom stereocenters. The lowest BCUT2D eigenvalue weighted by Crippen LogP contribution is -2.40. The molecule has 15 heavy (non-hydrogen) atoms. The van der Waals surface area contributed by atoms with Gasteiger partial charge in [0.2, 0.25) is 0 Å². The first-order valence-corrected chi connectivity index (χ1v) is 7.12. The molecule has 0 aliphatic carbocycles. The highest BCUT2D eigenvalue weighted by molar-refractivity contribution is 8.00. The van der Waals surface area contributed by atoms with Gasteiger partial charge in [-0.3, -0.25) is 0 Å². The van der Waals surface area contributed by atoms with Crippen LogP contribution in [0.1, 0.15) is 32.6 Å². The van der Waals surface area contributed by atoms with Crippen molar-refractivity contribution in [3.05, 3.63) is 0 Å². The molecular weight excluding hydrogens is 206 g/mol. The minimum absolute atomic E-state index is 0.239. The largest absolute Gasteiger partial charge is 0.383 e. The van der Waals surface area contributed by atoms with Gasteiger partial charge in [0, 0.05) is 17.9 Å². The van der Waals surface area contributed by atoms with Crippen molar-refractivity contribution in [1.82, 2.24) is 5.32 Å². The summed E-state index contributed by atoms with van der Waals surface area (Å²) in [7, 11) is 1.80. The average molecular weight is 229 g/mol. The summed E-state index contributed by atoms with van der Waals surface area (Å²) in [4.78, 5) is 0. The van der Waals surface area contributed by atoms with Crippen molar-refractivity contribution < 1.29 is 4.74 Å². The number of methoxy groups -OCH3 is 1. The Hall–Kier alpha value is 0.270. The van der Waals surface area contributed by atoms with E-state index in [1.54, 1.807) is 7.11 Å². The topological polar surface area (TPSA) is 21.3 Å². The van der Waals surface area contributed by atoms with Crippen molar-refractivity contribution in [2.75, 3.05) is 26.0 Å². The molecule has 0 amide bonds. The van der Waals surface area contributed by atoms with Crippen LogP contribution in [0.25, 0.3) is 0 Å².